The lowest BCUT2D eigenvalue weighted by molar-refractivity contribution is 0.883. The van der Waals surface area contributed by atoms with Crippen molar-refractivity contribution in [2.24, 2.45) is 9.98 Å². The van der Waals surface area contributed by atoms with Crippen molar-refractivity contribution in [3.05, 3.63) is 135 Å². The van der Waals surface area contributed by atoms with Crippen LogP contribution in [0.1, 0.15) is 11.1 Å². The van der Waals surface area contributed by atoms with Gasteiger partial charge in [0.15, 0.2) is 0 Å². The van der Waals surface area contributed by atoms with E-state index >= 15 is 0 Å². The molecule has 0 aliphatic carbocycles. The fraction of sp³-hybridized carbons (Fsp3) is 0.0476. The standard InChI is InChI=1S/C42H28N12/c1-31(25-7-43-19-44-8-25)32(26-9-45-20-46-10-26)2-38-37(1)39-3-33(27-11-47-21-48-12-27)34(28-13-49-22-50-14-28)4-41(39)42-6-36(30-17-53-24-54-18-30)35(5-40(38)42)29-15-51-23-52-16-29/h1-17,19,21-24,45H,18,20H2,(H,53,54). The largest absolute Gasteiger partial charge is 0.372 e. The molecule has 2 aliphatic rings. The van der Waals surface area contributed by atoms with E-state index in [0.717, 1.165) is 99.1 Å². The summed E-state index contributed by atoms with van der Waals surface area (Å²) in [7, 11) is 0. The number of allylic oxidation sites excluding steroid dienone is 1. The molecule has 12 nitrogen and oxygen atoms in total. The Balaban J connectivity index is 1.41. The van der Waals surface area contributed by atoms with Crippen LogP contribution in [0.25, 0.3) is 88.0 Å². The third kappa shape index (κ3) is 5.40. The lowest BCUT2D eigenvalue weighted by atomic mass is 9.83. The second-order valence-corrected chi connectivity index (χ2v) is 12.9. The van der Waals surface area contributed by atoms with E-state index in [2.05, 4.69) is 96.9 Å². The summed E-state index contributed by atoms with van der Waals surface area (Å²) in [4.78, 5) is 44.2. The lowest BCUT2D eigenvalue weighted by Crippen LogP contribution is -2.17. The predicted octanol–water partition coefficient (Wildman–Crippen LogP) is 6.92. The van der Waals surface area contributed by atoms with E-state index in [9.17, 15) is 0 Å². The summed E-state index contributed by atoms with van der Waals surface area (Å²) in [6, 6.07) is 13.6. The first kappa shape index (κ1) is 31.2. The molecule has 2 aliphatic heterocycles. The maximum Gasteiger partial charge on any atom is 0.115 e. The van der Waals surface area contributed by atoms with Crippen molar-refractivity contribution >= 4 is 56.0 Å². The van der Waals surface area contributed by atoms with Crippen LogP contribution in [0.2, 0.25) is 0 Å². The Morgan fingerprint density at radius 2 is 0.815 bits per heavy atom. The first-order valence-corrected chi connectivity index (χ1v) is 17.2. The minimum atomic E-state index is 0.523. The molecule has 0 atom stereocenters. The molecule has 54 heavy (non-hydrogen) atoms. The molecule has 10 rings (SSSR count). The molecule has 8 aromatic rings. The zero-order valence-corrected chi connectivity index (χ0v) is 28.6. The third-order valence-corrected chi connectivity index (χ3v) is 9.85. The Kier molecular flexibility index (Phi) is 7.61. The van der Waals surface area contributed by atoms with Crippen LogP contribution in [0.4, 0.5) is 0 Å². The van der Waals surface area contributed by atoms with E-state index < -0.39 is 0 Å². The highest BCUT2D eigenvalue weighted by atomic mass is 15.0. The van der Waals surface area contributed by atoms with Crippen molar-refractivity contribution in [3.8, 4) is 44.5 Å². The van der Waals surface area contributed by atoms with Crippen LogP contribution < -0.4 is 10.6 Å². The highest BCUT2D eigenvalue weighted by molar-refractivity contribution is 6.29. The molecule has 2 N–H and O–H groups in total. The Morgan fingerprint density at radius 1 is 0.426 bits per heavy atom. The monoisotopic (exact) mass is 700 g/mol. The summed E-state index contributed by atoms with van der Waals surface area (Å²) in [5, 5.41) is 13.0. The zero-order chi connectivity index (χ0) is 35.8. The van der Waals surface area contributed by atoms with Crippen LogP contribution in [0.3, 0.4) is 0 Å². The zero-order valence-electron chi connectivity index (χ0n) is 28.6. The normalized spacial score (nSPS) is 13.8. The fourth-order valence-electron chi connectivity index (χ4n) is 7.43. The van der Waals surface area contributed by atoms with Crippen molar-refractivity contribution in [1.29, 1.82) is 0 Å². The van der Waals surface area contributed by atoms with E-state index in [0.29, 0.717) is 13.2 Å². The molecule has 12 heteroatoms. The summed E-state index contributed by atoms with van der Waals surface area (Å²) in [5.74, 6) is 0. The molecule has 0 saturated heterocycles. The fourth-order valence-corrected chi connectivity index (χ4v) is 7.43. The molecule has 0 spiro atoms. The molecule has 0 saturated carbocycles. The number of aromatic nitrogens is 8. The second-order valence-electron chi connectivity index (χ2n) is 12.9. The molecule has 256 valence electrons. The van der Waals surface area contributed by atoms with Gasteiger partial charge < -0.3 is 10.6 Å². The second kappa shape index (κ2) is 13.2. The van der Waals surface area contributed by atoms with Gasteiger partial charge in [0.25, 0.3) is 0 Å². The summed E-state index contributed by atoms with van der Waals surface area (Å²) in [5.41, 5.74) is 11.5. The maximum atomic E-state index is 4.57. The number of nitrogens with one attached hydrogen (secondary N) is 2. The molecule has 6 heterocycles. The van der Waals surface area contributed by atoms with Gasteiger partial charge in [-0.3, -0.25) is 4.99 Å². The van der Waals surface area contributed by atoms with Crippen LogP contribution in [-0.2, 0) is 0 Å². The molecule has 0 bridgehead atoms. The van der Waals surface area contributed by atoms with Crippen LogP contribution in [0, 0.1) is 0 Å². The maximum absolute atomic E-state index is 4.57. The van der Waals surface area contributed by atoms with Crippen LogP contribution in [0.15, 0.2) is 134 Å². The molecular formula is C42H28N12. The Morgan fingerprint density at radius 3 is 1.20 bits per heavy atom. The Labute approximate surface area is 308 Å². The molecular weight excluding hydrogens is 673 g/mol. The van der Waals surface area contributed by atoms with Crippen molar-refractivity contribution in [2.45, 2.75) is 0 Å². The Hall–Kier alpha value is -7.60. The molecule has 0 amide bonds. The molecule has 0 unspecified atom stereocenters. The van der Waals surface area contributed by atoms with E-state index in [4.69, 9.17) is 0 Å². The summed E-state index contributed by atoms with van der Waals surface area (Å²) >= 11 is 0. The van der Waals surface area contributed by atoms with Gasteiger partial charge in [-0.25, -0.2) is 44.9 Å². The van der Waals surface area contributed by atoms with Gasteiger partial charge in [0.1, 0.15) is 32.0 Å². The van der Waals surface area contributed by atoms with Gasteiger partial charge in [-0.05, 0) is 108 Å². The minimum absolute atomic E-state index is 0.523. The number of aliphatic imine (C=N–C) groups is 2. The Bertz CT molecular complexity index is 2860. The van der Waals surface area contributed by atoms with Gasteiger partial charge in [0.2, 0.25) is 0 Å². The summed E-state index contributed by atoms with van der Waals surface area (Å²) < 4.78 is 0. The highest BCUT2D eigenvalue weighted by Crippen LogP contribution is 2.46. The van der Waals surface area contributed by atoms with Gasteiger partial charge in [-0.15, -0.1) is 0 Å². The van der Waals surface area contributed by atoms with Gasteiger partial charge in [-0.1, -0.05) is 0 Å². The average Bonchev–Trinajstić information content (AvgIpc) is 3.27. The first-order valence-electron chi connectivity index (χ1n) is 17.2. The molecule has 0 fully saturated rings. The van der Waals surface area contributed by atoms with E-state index in [-0.39, 0.29) is 0 Å². The third-order valence-electron chi connectivity index (χ3n) is 9.85. The lowest BCUT2D eigenvalue weighted by Gasteiger charge is -2.21. The number of benzene rings is 4. The van der Waals surface area contributed by atoms with Crippen molar-refractivity contribution in [2.75, 3.05) is 13.2 Å². The minimum Gasteiger partial charge on any atom is -0.372 e. The van der Waals surface area contributed by atoms with E-state index in [1.54, 1.807) is 31.6 Å². The number of hydrogen-bond donors (Lipinski definition) is 2. The topological polar surface area (TPSA) is 152 Å². The molecule has 0 radical (unpaired) electrons. The van der Waals surface area contributed by atoms with E-state index in [1.165, 1.54) is 0 Å². The summed E-state index contributed by atoms with van der Waals surface area (Å²) in [6.45, 7) is 1.15. The van der Waals surface area contributed by atoms with Crippen LogP contribution in [-0.4, -0.2) is 65.6 Å². The van der Waals surface area contributed by atoms with Gasteiger partial charge in [0.05, 0.1) is 6.34 Å². The number of nitrogens with zero attached hydrogens (tertiary/aromatic N) is 10. The van der Waals surface area contributed by atoms with Gasteiger partial charge >= 0.3 is 0 Å². The van der Waals surface area contributed by atoms with Gasteiger partial charge in [0, 0.05) is 103 Å². The predicted molar refractivity (Wildman–Crippen MR) is 212 cm³/mol. The SMILES string of the molecule is C1=NC=C(c2cc3c(cc2-c2cncnc2)c2cc(C4=CNCN=C4)c(-c4cncnc4)cc2c2cc(-c4cncnc4)c(-c4cncnc4)cc32)CN1. The molecule has 4 aromatic carbocycles. The summed E-state index contributed by atoms with van der Waals surface area (Å²) in [6.07, 6.45) is 28.5. The van der Waals surface area contributed by atoms with Crippen molar-refractivity contribution in [3.63, 3.8) is 0 Å². The number of fused-ring (bicyclic) bond motifs is 6. The van der Waals surface area contributed by atoms with Crippen LogP contribution >= 0.6 is 0 Å². The highest BCUT2D eigenvalue weighted by Gasteiger charge is 2.22. The average molecular weight is 701 g/mol. The smallest absolute Gasteiger partial charge is 0.115 e. The quantitative estimate of drug-likeness (QED) is 0.175. The number of rotatable bonds is 6. The van der Waals surface area contributed by atoms with Crippen molar-refractivity contribution < 1.29 is 0 Å². The van der Waals surface area contributed by atoms with Crippen LogP contribution in [0.5, 0.6) is 0 Å². The number of hydrogen-bond acceptors (Lipinski definition) is 12. The first-order chi connectivity index (χ1) is 26.8. The molecule has 4 aromatic heterocycles. The van der Waals surface area contributed by atoms with E-state index in [1.807, 2.05) is 68.2 Å². The van der Waals surface area contributed by atoms with Crippen molar-refractivity contribution in [1.82, 2.24) is 50.5 Å². The van der Waals surface area contributed by atoms with Gasteiger partial charge in [-0.2, -0.15) is 0 Å².